The van der Waals surface area contributed by atoms with E-state index in [1.54, 1.807) is 0 Å². The monoisotopic (exact) mass is 332 g/mol. The molecule has 1 aromatic carbocycles. The molecule has 2 nitrogen and oxygen atoms in total. The molecule has 1 rings (SSSR count). The zero-order chi connectivity index (χ0) is 12.7. The minimum Gasteiger partial charge on any atom is -0.147 e. The van der Waals surface area contributed by atoms with Gasteiger partial charge < -0.3 is 0 Å². The van der Waals surface area contributed by atoms with E-state index in [0.29, 0.717) is 6.61 Å². The Morgan fingerprint density at radius 1 is 1.22 bits per heavy atom. The van der Waals surface area contributed by atoms with Crippen LogP contribution in [0.3, 0.4) is 0 Å². The van der Waals surface area contributed by atoms with Crippen molar-refractivity contribution in [3.8, 4) is 0 Å². The van der Waals surface area contributed by atoms with Crippen molar-refractivity contribution in [2.75, 3.05) is 6.61 Å². The number of carbonyl (C=O) groups is 1. The quantitative estimate of drug-likeness (QED) is 0.591. The Bertz CT molecular complexity index is 351. The first-order valence-corrected chi connectivity index (χ1v) is 7.57. The van der Waals surface area contributed by atoms with Crippen LogP contribution in [0.15, 0.2) is 24.3 Å². The first-order chi connectivity index (χ1) is 8.17. The van der Waals surface area contributed by atoms with Crippen molar-refractivity contribution in [1.82, 2.24) is 0 Å². The fourth-order valence-electron chi connectivity index (χ4n) is 1.72. The SMILES string of the molecule is CCCc1ccc(CC([AsH2])C(=O)OCC)cc1.Cl. The van der Waals surface area contributed by atoms with Gasteiger partial charge in [-0.25, -0.2) is 0 Å². The number of rotatable bonds is 6. The van der Waals surface area contributed by atoms with Gasteiger partial charge in [0, 0.05) is 0 Å². The molecule has 0 heterocycles. The molecule has 2 unspecified atom stereocenters. The van der Waals surface area contributed by atoms with Crippen molar-refractivity contribution in [2.45, 2.75) is 37.8 Å². The molecule has 2 atom stereocenters. The predicted octanol–water partition coefficient (Wildman–Crippen LogP) is 2.59. The Labute approximate surface area is 124 Å². The Morgan fingerprint density at radius 3 is 2.28 bits per heavy atom. The summed E-state index contributed by atoms with van der Waals surface area (Å²) >= 11 is 1.43. The molecule has 0 aliphatic rings. The van der Waals surface area contributed by atoms with Crippen LogP contribution in [0.2, 0.25) is 4.71 Å². The van der Waals surface area contributed by atoms with Gasteiger partial charge in [-0.05, 0) is 0 Å². The number of ether oxygens (including phenoxy) is 1. The molecule has 0 radical (unpaired) electrons. The van der Waals surface area contributed by atoms with Gasteiger partial charge in [0.15, 0.2) is 0 Å². The normalized spacial score (nSPS) is 11.5. The molecule has 0 aliphatic heterocycles. The number of esters is 1. The largest absolute Gasteiger partial charge is 0.147 e. The standard InChI is InChI=1S/C14H21AsO2.ClH/c1-3-5-11-6-8-12(9-7-11)10-13(15)14(16)17-4-2;/h6-9,13H,3-5,10,15H2,1-2H3;1H. The topological polar surface area (TPSA) is 26.3 Å². The summed E-state index contributed by atoms with van der Waals surface area (Å²) in [6.07, 6.45) is 3.07. The summed E-state index contributed by atoms with van der Waals surface area (Å²) in [5.74, 6) is -0.0786. The average Bonchev–Trinajstić information content (AvgIpc) is 2.32. The molecule has 0 spiro atoms. The van der Waals surface area contributed by atoms with E-state index < -0.39 is 0 Å². The maximum absolute atomic E-state index is 11.5. The molecule has 4 heteroatoms. The second-order valence-electron chi connectivity index (χ2n) is 4.13. The van der Waals surface area contributed by atoms with E-state index in [9.17, 15) is 4.79 Å². The third-order valence-corrected chi connectivity index (χ3v) is 3.67. The third kappa shape index (κ3) is 5.93. The van der Waals surface area contributed by atoms with E-state index in [0.717, 1.165) is 12.8 Å². The van der Waals surface area contributed by atoms with E-state index in [1.807, 2.05) is 6.92 Å². The Hall–Kier alpha value is -0.462. The van der Waals surface area contributed by atoms with Crippen LogP contribution in [-0.2, 0) is 22.4 Å². The van der Waals surface area contributed by atoms with Crippen LogP contribution < -0.4 is 0 Å². The Kier molecular flexibility index (Phi) is 9.22. The van der Waals surface area contributed by atoms with E-state index >= 15 is 0 Å². The molecule has 102 valence electrons. The van der Waals surface area contributed by atoms with Crippen LogP contribution in [0.4, 0.5) is 0 Å². The number of halogens is 1. The number of hydrogen-bond acceptors (Lipinski definition) is 2. The molecule has 0 fully saturated rings. The van der Waals surface area contributed by atoms with Crippen LogP contribution in [-0.4, -0.2) is 29.4 Å². The van der Waals surface area contributed by atoms with Gasteiger partial charge in [-0.1, -0.05) is 0 Å². The minimum atomic E-state index is -0.0786. The van der Waals surface area contributed by atoms with Gasteiger partial charge in [-0.2, -0.15) is 0 Å². The van der Waals surface area contributed by atoms with Gasteiger partial charge in [0.1, 0.15) is 0 Å². The maximum Gasteiger partial charge on any atom is -0.147 e. The summed E-state index contributed by atoms with van der Waals surface area (Å²) in [4.78, 5) is 11.5. The molecule has 0 bridgehead atoms. The zero-order valence-electron chi connectivity index (χ0n) is 11.0. The molecule has 18 heavy (non-hydrogen) atoms. The Balaban J connectivity index is 0.00000289. The van der Waals surface area contributed by atoms with Crippen molar-refractivity contribution < 1.29 is 9.53 Å². The second-order valence-corrected chi connectivity index (χ2v) is 5.82. The smallest absolute Gasteiger partial charge is 0.147 e. The summed E-state index contributed by atoms with van der Waals surface area (Å²) in [5, 5.41) is 0. The molecule has 0 N–H and O–H groups in total. The van der Waals surface area contributed by atoms with E-state index in [4.69, 9.17) is 4.74 Å². The van der Waals surface area contributed by atoms with Gasteiger partial charge in [0.05, 0.1) is 0 Å². The molecular weight excluding hydrogens is 311 g/mol. The summed E-state index contributed by atoms with van der Waals surface area (Å²) in [6, 6.07) is 8.56. The van der Waals surface area contributed by atoms with Gasteiger partial charge in [-0.15, -0.1) is 12.4 Å². The molecule has 0 saturated carbocycles. The second kappa shape index (κ2) is 9.47. The molecule has 0 saturated heterocycles. The predicted molar refractivity (Wildman–Crippen MR) is 80.3 cm³/mol. The number of aryl methyl sites for hydroxylation is 1. The minimum absolute atomic E-state index is 0. The number of benzene rings is 1. The van der Waals surface area contributed by atoms with Crippen LogP contribution >= 0.6 is 12.4 Å². The van der Waals surface area contributed by atoms with E-state index in [2.05, 4.69) is 31.2 Å². The molecule has 0 aromatic heterocycles. The van der Waals surface area contributed by atoms with Crippen molar-refractivity contribution in [3.63, 3.8) is 0 Å². The third-order valence-electron chi connectivity index (χ3n) is 2.61. The van der Waals surface area contributed by atoms with Crippen LogP contribution in [0.25, 0.3) is 0 Å². The van der Waals surface area contributed by atoms with Gasteiger partial charge in [0.2, 0.25) is 0 Å². The van der Waals surface area contributed by atoms with Gasteiger partial charge in [0.25, 0.3) is 0 Å². The first kappa shape index (κ1) is 17.5. The van der Waals surface area contributed by atoms with Crippen molar-refractivity contribution >= 4 is 35.2 Å². The van der Waals surface area contributed by atoms with Crippen LogP contribution in [0, 0.1) is 0 Å². The summed E-state index contributed by atoms with van der Waals surface area (Å²) < 4.78 is 5.01. The summed E-state index contributed by atoms with van der Waals surface area (Å²) in [5.41, 5.74) is 2.58. The first-order valence-electron chi connectivity index (χ1n) is 6.17. The van der Waals surface area contributed by atoms with Gasteiger partial charge >= 0.3 is 112 Å². The average molecular weight is 333 g/mol. The number of carbonyl (C=O) groups excluding carboxylic acids is 1. The fraction of sp³-hybridized carbons (Fsp3) is 0.500. The number of hydrogen-bond donors (Lipinski definition) is 0. The van der Waals surface area contributed by atoms with Crippen molar-refractivity contribution in [2.24, 2.45) is 0 Å². The van der Waals surface area contributed by atoms with Gasteiger partial charge in [-0.3, -0.25) is 0 Å². The molecular formula is C14H22AsClO2. The van der Waals surface area contributed by atoms with E-state index in [1.165, 1.54) is 34.4 Å². The maximum atomic E-state index is 11.5. The fourth-order valence-corrected chi connectivity index (χ4v) is 2.49. The van der Waals surface area contributed by atoms with E-state index in [-0.39, 0.29) is 23.1 Å². The molecule has 0 aliphatic carbocycles. The summed E-state index contributed by atoms with van der Waals surface area (Å²) in [6.45, 7) is 4.49. The van der Waals surface area contributed by atoms with Crippen molar-refractivity contribution in [1.29, 1.82) is 0 Å². The van der Waals surface area contributed by atoms with Crippen LogP contribution in [0.1, 0.15) is 31.4 Å². The molecule has 0 amide bonds. The van der Waals surface area contributed by atoms with Crippen molar-refractivity contribution in [3.05, 3.63) is 35.4 Å². The molecule has 1 aromatic rings. The zero-order valence-corrected chi connectivity index (χ0v) is 14.3. The van der Waals surface area contributed by atoms with Crippen LogP contribution in [0.5, 0.6) is 0 Å². The summed E-state index contributed by atoms with van der Waals surface area (Å²) in [7, 11) is 0. The Morgan fingerprint density at radius 2 is 1.78 bits per heavy atom.